The Morgan fingerprint density at radius 3 is 2.02 bits per heavy atom. The first-order valence-corrected chi connectivity index (χ1v) is 13.6. The Bertz CT molecular complexity index is 1470. The van der Waals surface area contributed by atoms with E-state index in [1.54, 1.807) is 14.2 Å². The average molecular weight is 538 g/mol. The summed E-state index contributed by atoms with van der Waals surface area (Å²) < 4.78 is 13.1. The maximum absolute atomic E-state index is 13.8. The smallest absolute Gasteiger partial charge is 0.255 e. The van der Waals surface area contributed by atoms with Crippen molar-refractivity contribution in [3.8, 4) is 28.4 Å². The van der Waals surface area contributed by atoms with Crippen molar-refractivity contribution in [2.75, 3.05) is 40.4 Å². The monoisotopic (exact) mass is 537 g/mol. The third-order valence-corrected chi connectivity index (χ3v) is 7.56. The molecule has 1 saturated heterocycles. The fourth-order valence-corrected chi connectivity index (χ4v) is 5.32. The van der Waals surface area contributed by atoms with E-state index in [2.05, 4.69) is 4.57 Å². The molecular formula is C33H35N3O4. The zero-order chi connectivity index (χ0) is 28.1. The number of aryl methyl sites for hydroxylation is 1. The molecule has 7 heteroatoms. The van der Waals surface area contributed by atoms with Crippen LogP contribution >= 0.6 is 0 Å². The van der Waals surface area contributed by atoms with Crippen LogP contribution in [-0.2, 0) is 11.2 Å². The molecule has 40 heavy (non-hydrogen) atoms. The van der Waals surface area contributed by atoms with E-state index >= 15 is 0 Å². The van der Waals surface area contributed by atoms with Crippen LogP contribution in [0.15, 0.2) is 84.9 Å². The van der Waals surface area contributed by atoms with Gasteiger partial charge in [0.05, 0.1) is 25.5 Å². The summed E-state index contributed by atoms with van der Waals surface area (Å²) in [6.07, 6.45) is 1.20. The van der Waals surface area contributed by atoms with Crippen LogP contribution in [0.1, 0.15) is 28.0 Å². The molecule has 4 aromatic rings. The number of amides is 2. The van der Waals surface area contributed by atoms with Gasteiger partial charge in [0.1, 0.15) is 0 Å². The molecule has 0 atom stereocenters. The summed E-state index contributed by atoms with van der Waals surface area (Å²) in [6.45, 7) is 4.08. The minimum Gasteiger partial charge on any atom is -0.493 e. The highest BCUT2D eigenvalue weighted by Gasteiger charge is 2.28. The molecule has 1 aliphatic heterocycles. The van der Waals surface area contributed by atoms with Crippen molar-refractivity contribution in [2.24, 2.45) is 0 Å². The molecule has 0 bridgehead atoms. The highest BCUT2D eigenvalue weighted by atomic mass is 16.5. The lowest BCUT2D eigenvalue weighted by Gasteiger charge is -2.35. The van der Waals surface area contributed by atoms with Gasteiger partial charge < -0.3 is 23.8 Å². The van der Waals surface area contributed by atoms with Crippen molar-refractivity contribution in [2.45, 2.75) is 19.8 Å². The molecule has 1 aliphatic rings. The van der Waals surface area contributed by atoms with Gasteiger partial charge in [0, 0.05) is 50.0 Å². The van der Waals surface area contributed by atoms with Crippen molar-refractivity contribution >= 4 is 11.8 Å². The molecule has 0 N–H and O–H groups in total. The molecule has 3 aromatic carbocycles. The molecule has 0 unspecified atom stereocenters. The van der Waals surface area contributed by atoms with E-state index in [4.69, 9.17) is 9.47 Å². The van der Waals surface area contributed by atoms with Gasteiger partial charge >= 0.3 is 0 Å². The molecule has 7 nitrogen and oxygen atoms in total. The standard InChI is InChI=1S/C33H35N3O4/c1-24-28(33(38)35-20-18-34(19-21-35)32(37)17-14-25-10-6-4-7-11-25)23-29(26-12-8-5-9-13-26)36(24)27-15-16-30(39-2)31(22-27)40-3/h4-13,15-16,22-23H,14,17-21H2,1-3H3. The zero-order valence-electron chi connectivity index (χ0n) is 23.3. The normalized spacial score (nSPS) is 13.3. The second-order valence-electron chi connectivity index (χ2n) is 9.93. The minimum absolute atomic E-state index is 0.0229. The van der Waals surface area contributed by atoms with Gasteiger partial charge in [0.15, 0.2) is 11.5 Å². The summed E-state index contributed by atoms with van der Waals surface area (Å²) in [5.74, 6) is 1.38. The lowest BCUT2D eigenvalue weighted by atomic mass is 10.1. The first kappa shape index (κ1) is 27.1. The third-order valence-electron chi connectivity index (χ3n) is 7.56. The predicted octanol–water partition coefficient (Wildman–Crippen LogP) is 5.39. The van der Waals surface area contributed by atoms with Gasteiger partial charge in [-0.05, 0) is 42.7 Å². The number of piperazine rings is 1. The number of hydrogen-bond donors (Lipinski definition) is 0. The Balaban J connectivity index is 1.36. The zero-order valence-corrected chi connectivity index (χ0v) is 23.3. The molecule has 0 saturated carbocycles. The first-order valence-electron chi connectivity index (χ1n) is 13.6. The highest BCUT2D eigenvalue weighted by Crippen LogP contribution is 2.35. The molecular weight excluding hydrogens is 502 g/mol. The SMILES string of the molecule is COc1ccc(-n2c(-c3ccccc3)cc(C(=O)N3CCN(C(=O)CCc4ccccc4)CC3)c2C)cc1OC. The van der Waals surface area contributed by atoms with Gasteiger partial charge in [0.25, 0.3) is 5.91 Å². The van der Waals surface area contributed by atoms with Crippen LogP contribution in [0.5, 0.6) is 11.5 Å². The number of benzene rings is 3. The number of rotatable bonds is 8. The topological polar surface area (TPSA) is 64.0 Å². The van der Waals surface area contributed by atoms with Gasteiger partial charge in [-0.15, -0.1) is 0 Å². The quantitative estimate of drug-likeness (QED) is 0.303. The van der Waals surface area contributed by atoms with E-state index in [1.807, 2.05) is 102 Å². The molecule has 2 heterocycles. The van der Waals surface area contributed by atoms with Crippen LogP contribution < -0.4 is 9.47 Å². The fraction of sp³-hybridized carbons (Fsp3) is 0.273. The molecule has 2 amide bonds. The summed E-state index contributed by atoms with van der Waals surface area (Å²) >= 11 is 0. The molecule has 1 aromatic heterocycles. The molecule has 0 aliphatic carbocycles. The summed E-state index contributed by atoms with van der Waals surface area (Å²) in [6, 6.07) is 27.8. The molecule has 1 fully saturated rings. The largest absolute Gasteiger partial charge is 0.493 e. The van der Waals surface area contributed by atoms with Crippen LogP contribution in [0.4, 0.5) is 0 Å². The summed E-state index contributed by atoms with van der Waals surface area (Å²) in [7, 11) is 3.23. The molecule has 0 spiro atoms. The van der Waals surface area contributed by atoms with Gasteiger partial charge in [-0.1, -0.05) is 60.7 Å². The summed E-state index contributed by atoms with van der Waals surface area (Å²) in [4.78, 5) is 30.4. The number of carbonyl (C=O) groups excluding carboxylic acids is 2. The number of carbonyl (C=O) groups is 2. The number of aromatic nitrogens is 1. The molecule has 5 rings (SSSR count). The third kappa shape index (κ3) is 5.59. The highest BCUT2D eigenvalue weighted by molar-refractivity contribution is 5.97. The Kier molecular flexibility index (Phi) is 8.20. The van der Waals surface area contributed by atoms with Crippen molar-refractivity contribution in [1.82, 2.24) is 14.4 Å². The van der Waals surface area contributed by atoms with Gasteiger partial charge in [-0.3, -0.25) is 9.59 Å². The van der Waals surface area contributed by atoms with Crippen molar-refractivity contribution < 1.29 is 19.1 Å². The van der Waals surface area contributed by atoms with Crippen molar-refractivity contribution in [3.05, 3.63) is 102 Å². The molecule has 0 radical (unpaired) electrons. The lowest BCUT2D eigenvalue weighted by molar-refractivity contribution is -0.132. The Hall–Kier alpha value is -4.52. The predicted molar refractivity (Wildman–Crippen MR) is 156 cm³/mol. The maximum Gasteiger partial charge on any atom is 0.255 e. The first-order chi connectivity index (χ1) is 19.5. The summed E-state index contributed by atoms with van der Waals surface area (Å²) in [5, 5.41) is 0. The summed E-state index contributed by atoms with van der Waals surface area (Å²) in [5.41, 5.74) is 5.46. The lowest BCUT2D eigenvalue weighted by Crippen LogP contribution is -2.50. The average Bonchev–Trinajstić information content (AvgIpc) is 3.36. The van der Waals surface area contributed by atoms with Crippen LogP contribution in [-0.4, -0.2) is 66.6 Å². The van der Waals surface area contributed by atoms with Gasteiger partial charge in [0.2, 0.25) is 5.91 Å². The number of methoxy groups -OCH3 is 2. The van der Waals surface area contributed by atoms with E-state index in [1.165, 1.54) is 0 Å². The van der Waals surface area contributed by atoms with Crippen LogP contribution in [0.3, 0.4) is 0 Å². The number of ether oxygens (including phenoxy) is 2. The second-order valence-corrected chi connectivity index (χ2v) is 9.93. The van der Waals surface area contributed by atoms with Crippen LogP contribution in [0.25, 0.3) is 16.9 Å². The van der Waals surface area contributed by atoms with E-state index in [9.17, 15) is 9.59 Å². The Morgan fingerprint density at radius 2 is 1.38 bits per heavy atom. The fourth-order valence-electron chi connectivity index (χ4n) is 5.32. The second kappa shape index (κ2) is 12.1. The maximum atomic E-state index is 13.8. The molecule has 206 valence electrons. The Morgan fingerprint density at radius 1 is 0.750 bits per heavy atom. The van der Waals surface area contributed by atoms with Crippen molar-refractivity contribution in [1.29, 1.82) is 0 Å². The van der Waals surface area contributed by atoms with Crippen LogP contribution in [0, 0.1) is 6.92 Å². The van der Waals surface area contributed by atoms with Gasteiger partial charge in [-0.25, -0.2) is 0 Å². The van der Waals surface area contributed by atoms with Crippen LogP contribution in [0.2, 0.25) is 0 Å². The van der Waals surface area contributed by atoms with Gasteiger partial charge in [-0.2, -0.15) is 0 Å². The van der Waals surface area contributed by atoms with E-state index in [-0.39, 0.29) is 11.8 Å². The van der Waals surface area contributed by atoms with Crippen molar-refractivity contribution in [3.63, 3.8) is 0 Å². The Labute approximate surface area is 235 Å². The number of hydrogen-bond acceptors (Lipinski definition) is 4. The minimum atomic E-state index is -0.0229. The van der Waals surface area contributed by atoms with E-state index in [0.717, 1.165) is 34.6 Å². The van der Waals surface area contributed by atoms with E-state index in [0.29, 0.717) is 49.7 Å². The van der Waals surface area contributed by atoms with E-state index < -0.39 is 0 Å². The number of nitrogens with zero attached hydrogens (tertiary/aromatic N) is 3.